The van der Waals surface area contributed by atoms with E-state index in [-0.39, 0.29) is 10.9 Å². The van der Waals surface area contributed by atoms with Crippen molar-refractivity contribution in [1.29, 1.82) is 0 Å². The molecule has 2 heterocycles. The molecule has 160 valence electrons. The van der Waals surface area contributed by atoms with Crippen molar-refractivity contribution in [3.63, 3.8) is 0 Å². The minimum atomic E-state index is -4.49. The maximum absolute atomic E-state index is 13.3. The summed E-state index contributed by atoms with van der Waals surface area (Å²) in [5.74, 6) is 1.18. The average molecular weight is 466 g/mol. The molecule has 6 nitrogen and oxygen atoms in total. The molecule has 0 bridgehead atoms. The van der Waals surface area contributed by atoms with Crippen LogP contribution in [0.1, 0.15) is 29.5 Å². The van der Waals surface area contributed by atoms with Gasteiger partial charge in [0.15, 0.2) is 16.8 Å². The quantitative estimate of drug-likeness (QED) is 0.329. The van der Waals surface area contributed by atoms with Gasteiger partial charge in [-0.2, -0.15) is 18.2 Å². The van der Waals surface area contributed by atoms with E-state index < -0.39 is 11.7 Å². The van der Waals surface area contributed by atoms with Crippen LogP contribution in [-0.2, 0) is 6.18 Å². The average Bonchev–Trinajstić information content (AvgIpc) is 3.34. The Labute approximate surface area is 184 Å². The molecule has 2 aromatic carbocycles. The van der Waals surface area contributed by atoms with Gasteiger partial charge in [0.25, 0.3) is 0 Å². The third kappa shape index (κ3) is 4.45. The minimum absolute atomic E-state index is 0.256. The Kier molecular flexibility index (Phi) is 5.76. The van der Waals surface area contributed by atoms with Crippen LogP contribution < -0.4 is 0 Å². The number of hydrogen-bond acceptors (Lipinski definition) is 6. The van der Waals surface area contributed by atoms with Gasteiger partial charge in [-0.05, 0) is 44.2 Å². The van der Waals surface area contributed by atoms with E-state index >= 15 is 0 Å². The van der Waals surface area contributed by atoms with Crippen molar-refractivity contribution in [2.45, 2.75) is 30.4 Å². The molecule has 0 saturated carbocycles. The van der Waals surface area contributed by atoms with Crippen molar-refractivity contribution in [3.8, 4) is 17.1 Å². The summed E-state index contributed by atoms with van der Waals surface area (Å²) in [6.45, 7) is 3.53. The van der Waals surface area contributed by atoms with E-state index in [0.717, 1.165) is 12.1 Å². The first-order chi connectivity index (χ1) is 14.7. The van der Waals surface area contributed by atoms with E-state index in [0.29, 0.717) is 33.3 Å². The van der Waals surface area contributed by atoms with E-state index in [1.165, 1.54) is 17.8 Å². The fourth-order valence-corrected chi connectivity index (χ4v) is 4.02. The summed E-state index contributed by atoms with van der Waals surface area (Å²) < 4.78 is 46.8. The molecule has 0 radical (unpaired) electrons. The fourth-order valence-electron chi connectivity index (χ4n) is 2.90. The molecule has 0 amide bonds. The number of halogens is 4. The zero-order chi connectivity index (χ0) is 22.2. The van der Waals surface area contributed by atoms with Gasteiger partial charge in [-0.1, -0.05) is 46.7 Å². The van der Waals surface area contributed by atoms with Gasteiger partial charge < -0.3 is 4.52 Å². The molecule has 31 heavy (non-hydrogen) atoms. The lowest BCUT2D eigenvalue weighted by Gasteiger charge is -2.14. The number of aromatic nitrogens is 5. The van der Waals surface area contributed by atoms with Crippen LogP contribution in [0.15, 0.2) is 58.2 Å². The summed E-state index contributed by atoms with van der Waals surface area (Å²) in [6.07, 6.45) is -4.49. The molecule has 0 aliphatic rings. The van der Waals surface area contributed by atoms with Crippen molar-refractivity contribution >= 4 is 23.4 Å². The van der Waals surface area contributed by atoms with Gasteiger partial charge in [0.1, 0.15) is 0 Å². The Hall–Kier alpha value is -2.85. The van der Waals surface area contributed by atoms with E-state index in [2.05, 4.69) is 20.3 Å². The predicted octanol–water partition coefficient (Wildman–Crippen LogP) is 6.15. The SMILES string of the molecule is Cc1noc(C(C)Sc2nnc(-c3ccccc3Cl)n2-c2cccc(C(F)(F)F)c2)n1. The van der Waals surface area contributed by atoms with Crippen LogP contribution in [0.25, 0.3) is 17.1 Å². The molecule has 0 spiro atoms. The van der Waals surface area contributed by atoms with Gasteiger partial charge in [-0.3, -0.25) is 4.57 Å². The van der Waals surface area contributed by atoms with Gasteiger partial charge in [0.2, 0.25) is 5.89 Å². The number of rotatable bonds is 5. The maximum atomic E-state index is 13.3. The molecular formula is C20H15ClF3N5OS. The molecule has 11 heteroatoms. The van der Waals surface area contributed by atoms with E-state index in [4.69, 9.17) is 16.1 Å². The van der Waals surface area contributed by atoms with Gasteiger partial charge in [-0.25, -0.2) is 0 Å². The Morgan fingerprint density at radius 2 is 1.87 bits per heavy atom. The van der Waals surface area contributed by atoms with Crippen molar-refractivity contribution < 1.29 is 17.7 Å². The summed E-state index contributed by atoms with van der Waals surface area (Å²) >= 11 is 7.57. The molecule has 2 aromatic heterocycles. The molecule has 0 aliphatic heterocycles. The van der Waals surface area contributed by atoms with E-state index in [9.17, 15) is 13.2 Å². The molecular weight excluding hydrogens is 451 g/mol. The highest BCUT2D eigenvalue weighted by molar-refractivity contribution is 7.99. The Balaban J connectivity index is 1.84. The third-order valence-corrected chi connectivity index (χ3v) is 5.71. The smallest absolute Gasteiger partial charge is 0.338 e. The summed E-state index contributed by atoms with van der Waals surface area (Å²) in [5, 5.41) is 12.7. The van der Waals surface area contributed by atoms with E-state index in [1.807, 2.05) is 6.92 Å². The number of nitrogens with zero attached hydrogens (tertiary/aromatic N) is 5. The van der Waals surface area contributed by atoms with Gasteiger partial charge in [0.05, 0.1) is 21.5 Å². The highest BCUT2D eigenvalue weighted by Gasteiger charge is 2.31. The number of thioether (sulfide) groups is 1. The van der Waals surface area contributed by atoms with Crippen LogP contribution in [0.5, 0.6) is 0 Å². The number of hydrogen-bond donors (Lipinski definition) is 0. The molecule has 0 aliphatic carbocycles. The van der Waals surface area contributed by atoms with Gasteiger partial charge in [-0.15, -0.1) is 10.2 Å². The Morgan fingerprint density at radius 1 is 1.10 bits per heavy atom. The lowest BCUT2D eigenvalue weighted by atomic mass is 10.1. The van der Waals surface area contributed by atoms with Gasteiger partial charge in [0, 0.05) is 5.56 Å². The Bertz CT molecular complexity index is 1220. The number of alkyl halides is 3. The highest BCUT2D eigenvalue weighted by atomic mass is 35.5. The molecule has 0 N–H and O–H groups in total. The first-order valence-corrected chi connectivity index (χ1v) is 10.3. The van der Waals surface area contributed by atoms with E-state index in [1.54, 1.807) is 41.8 Å². The largest absolute Gasteiger partial charge is 0.416 e. The topological polar surface area (TPSA) is 69.6 Å². The molecule has 1 unspecified atom stereocenters. The summed E-state index contributed by atoms with van der Waals surface area (Å²) in [5.41, 5.74) is 0.0219. The van der Waals surface area contributed by atoms with Crippen molar-refractivity contribution in [1.82, 2.24) is 24.9 Å². The molecule has 0 fully saturated rings. The molecule has 4 rings (SSSR count). The van der Waals surface area contributed by atoms with Crippen molar-refractivity contribution in [3.05, 3.63) is 70.8 Å². The van der Waals surface area contributed by atoms with Crippen LogP contribution in [0.4, 0.5) is 13.2 Å². The van der Waals surface area contributed by atoms with Crippen LogP contribution in [0.3, 0.4) is 0 Å². The Morgan fingerprint density at radius 3 is 2.55 bits per heavy atom. The lowest BCUT2D eigenvalue weighted by molar-refractivity contribution is -0.137. The molecule has 0 saturated heterocycles. The summed E-state index contributed by atoms with van der Waals surface area (Å²) in [7, 11) is 0. The van der Waals surface area contributed by atoms with Gasteiger partial charge >= 0.3 is 6.18 Å². The van der Waals surface area contributed by atoms with Crippen LogP contribution in [0, 0.1) is 6.92 Å². The minimum Gasteiger partial charge on any atom is -0.338 e. The first kappa shape index (κ1) is 21.4. The third-order valence-electron chi connectivity index (χ3n) is 4.35. The lowest BCUT2D eigenvalue weighted by Crippen LogP contribution is -2.07. The number of benzene rings is 2. The first-order valence-electron chi connectivity index (χ1n) is 9.09. The maximum Gasteiger partial charge on any atom is 0.416 e. The fraction of sp³-hybridized carbons (Fsp3) is 0.200. The predicted molar refractivity (Wildman–Crippen MR) is 110 cm³/mol. The standard InChI is InChI=1S/C20H15ClF3N5OS/c1-11(18-25-12(2)28-30-18)31-19-27-26-17(15-8-3-4-9-16(15)21)29(19)14-7-5-6-13(10-14)20(22,23)24/h3-11H,1-2H3. The summed E-state index contributed by atoms with van der Waals surface area (Å²) in [6, 6.07) is 11.9. The zero-order valence-corrected chi connectivity index (χ0v) is 17.8. The molecule has 1 atom stereocenters. The van der Waals surface area contributed by atoms with Crippen LogP contribution in [-0.4, -0.2) is 24.9 Å². The normalized spacial score (nSPS) is 12.8. The van der Waals surface area contributed by atoms with Crippen molar-refractivity contribution in [2.24, 2.45) is 0 Å². The zero-order valence-electron chi connectivity index (χ0n) is 16.3. The monoisotopic (exact) mass is 465 g/mol. The van der Waals surface area contributed by atoms with Crippen molar-refractivity contribution in [2.75, 3.05) is 0 Å². The number of aryl methyl sites for hydroxylation is 1. The molecule has 4 aromatic rings. The second-order valence-electron chi connectivity index (χ2n) is 6.61. The summed E-state index contributed by atoms with van der Waals surface area (Å²) in [4.78, 5) is 4.21. The van der Waals surface area contributed by atoms with Crippen LogP contribution >= 0.6 is 23.4 Å². The highest BCUT2D eigenvalue weighted by Crippen LogP contribution is 2.38. The second-order valence-corrected chi connectivity index (χ2v) is 8.32. The van der Waals surface area contributed by atoms with Crippen LogP contribution in [0.2, 0.25) is 5.02 Å². The second kappa shape index (κ2) is 8.35.